The number of rotatable bonds is 6. The lowest BCUT2D eigenvalue weighted by Gasteiger charge is -2.37. The van der Waals surface area contributed by atoms with Crippen LogP contribution in [0.25, 0.3) is 17.0 Å². The van der Waals surface area contributed by atoms with Crippen LogP contribution in [0.2, 0.25) is 5.02 Å². The highest BCUT2D eigenvalue weighted by atomic mass is 35.5. The fourth-order valence-corrected chi connectivity index (χ4v) is 6.09. The molecule has 2 aliphatic heterocycles. The largest absolute Gasteiger partial charge is 0.449 e. The van der Waals surface area contributed by atoms with Gasteiger partial charge in [0.25, 0.3) is 11.1 Å². The monoisotopic (exact) mass is 638 g/mol. The Morgan fingerprint density at radius 2 is 1.98 bits per heavy atom. The Bertz CT molecular complexity index is 1610. The molecule has 3 aromatic rings. The van der Waals surface area contributed by atoms with Crippen LogP contribution in [0.15, 0.2) is 47.5 Å². The van der Waals surface area contributed by atoms with Gasteiger partial charge in [0.15, 0.2) is 0 Å². The smallest absolute Gasteiger partial charge is 0.416 e. The summed E-state index contributed by atoms with van der Waals surface area (Å²) in [6.45, 7) is 3.68. The van der Waals surface area contributed by atoms with Crippen molar-refractivity contribution in [1.82, 2.24) is 19.6 Å². The molecule has 43 heavy (non-hydrogen) atoms. The summed E-state index contributed by atoms with van der Waals surface area (Å²) in [7, 11) is 0. The zero-order valence-corrected chi connectivity index (χ0v) is 24.7. The molecule has 2 fully saturated rings. The second-order valence-electron chi connectivity index (χ2n) is 10.8. The first-order valence-electron chi connectivity index (χ1n) is 13.5. The highest BCUT2D eigenvalue weighted by Gasteiger charge is 2.45. The van der Waals surface area contributed by atoms with E-state index < -0.39 is 41.2 Å². The third-order valence-electron chi connectivity index (χ3n) is 7.12. The molecule has 8 nitrogen and oxygen atoms in total. The van der Waals surface area contributed by atoms with Gasteiger partial charge in [-0.05, 0) is 65.6 Å². The summed E-state index contributed by atoms with van der Waals surface area (Å²) in [5, 5.41) is 4.22. The minimum absolute atomic E-state index is 0.00380. The van der Waals surface area contributed by atoms with Crippen LogP contribution in [-0.4, -0.2) is 68.7 Å². The van der Waals surface area contributed by atoms with Gasteiger partial charge in [-0.3, -0.25) is 19.2 Å². The van der Waals surface area contributed by atoms with Gasteiger partial charge in [0.1, 0.15) is 6.17 Å². The number of hydrogen-bond donors (Lipinski definition) is 0. The molecule has 2 aliphatic rings. The fourth-order valence-electron chi connectivity index (χ4n) is 5.03. The number of benzene rings is 2. The Labute approximate surface area is 253 Å². The molecule has 2 aromatic carbocycles. The van der Waals surface area contributed by atoms with Crippen molar-refractivity contribution in [3.05, 3.63) is 69.2 Å². The van der Waals surface area contributed by atoms with Crippen molar-refractivity contribution >= 4 is 57.6 Å². The Morgan fingerprint density at radius 3 is 2.67 bits per heavy atom. The maximum atomic E-state index is 15.2. The molecule has 2 saturated heterocycles. The highest BCUT2D eigenvalue weighted by molar-refractivity contribution is 8.18. The number of thioether (sulfide) groups is 1. The standard InChI is InChI=1S/C29H27ClF4N4O4S/c1-16(2)15-42-27(40)36-8-7-24(22(31)14-36)38-26(39)25(43-28(38)41)10-17-3-6-23-19(9-17)12-35-37(23)13-18-4-5-20(30)11-21(18)29(32,33)34/h3-6,9-12,16,22,24H,7-8,13-15H2,1-2H3/b25-10-. The van der Waals surface area contributed by atoms with Crippen LogP contribution in [-0.2, 0) is 22.3 Å². The molecule has 1 aromatic heterocycles. The first-order valence-corrected chi connectivity index (χ1v) is 14.6. The molecule has 5 rings (SSSR count). The molecule has 228 valence electrons. The number of imide groups is 1. The lowest BCUT2D eigenvalue weighted by molar-refractivity contribution is -0.138. The molecule has 3 amide bonds. The van der Waals surface area contributed by atoms with Crippen molar-refractivity contribution in [3.8, 4) is 0 Å². The zero-order chi connectivity index (χ0) is 31.1. The van der Waals surface area contributed by atoms with E-state index in [1.807, 2.05) is 13.8 Å². The molecule has 0 spiro atoms. The van der Waals surface area contributed by atoms with Gasteiger partial charge < -0.3 is 9.64 Å². The van der Waals surface area contributed by atoms with Crippen LogP contribution in [0.1, 0.15) is 37.0 Å². The average molecular weight is 639 g/mol. The SMILES string of the molecule is CC(C)COC(=O)N1CCC(N2C(=O)S/C(=C\c3ccc4c(cnn4Cc4ccc(Cl)cc4C(F)(F)F)c3)C2=O)C(F)C1. The van der Waals surface area contributed by atoms with Crippen LogP contribution in [0.5, 0.6) is 0 Å². The Kier molecular flexibility index (Phi) is 8.75. The van der Waals surface area contributed by atoms with Crippen LogP contribution in [0.3, 0.4) is 0 Å². The number of fused-ring (bicyclic) bond motifs is 1. The van der Waals surface area contributed by atoms with E-state index in [-0.39, 0.29) is 54.1 Å². The van der Waals surface area contributed by atoms with E-state index in [0.717, 1.165) is 11.0 Å². The molecule has 0 bridgehead atoms. The number of carbonyl (C=O) groups is 3. The predicted molar refractivity (Wildman–Crippen MR) is 154 cm³/mol. The van der Waals surface area contributed by atoms with Crippen molar-refractivity contribution < 1.29 is 36.7 Å². The maximum Gasteiger partial charge on any atom is 0.416 e. The Balaban J connectivity index is 1.30. The van der Waals surface area contributed by atoms with Gasteiger partial charge in [-0.25, -0.2) is 9.18 Å². The van der Waals surface area contributed by atoms with Crippen molar-refractivity contribution in [1.29, 1.82) is 0 Å². The van der Waals surface area contributed by atoms with E-state index in [0.29, 0.717) is 28.2 Å². The molecule has 3 heterocycles. The van der Waals surface area contributed by atoms with Crippen LogP contribution < -0.4 is 0 Å². The fraction of sp³-hybridized carbons (Fsp3) is 0.379. The van der Waals surface area contributed by atoms with Crippen LogP contribution in [0, 0.1) is 5.92 Å². The van der Waals surface area contributed by atoms with Crippen molar-refractivity contribution in [2.75, 3.05) is 19.7 Å². The summed E-state index contributed by atoms with van der Waals surface area (Å²) < 4.78 is 62.4. The molecule has 0 saturated carbocycles. The minimum atomic E-state index is -4.59. The summed E-state index contributed by atoms with van der Waals surface area (Å²) in [5.41, 5.74) is 0.277. The van der Waals surface area contributed by atoms with Gasteiger partial charge in [-0.15, -0.1) is 0 Å². The quantitative estimate of drug-likeness (QED) is 0.214. The van der Waals surface area contributed by atoms with Gasteiger partial charge in [0.05, 0.1) is 47.9 Å². The van der Waals surface area contributed by atoms with Gasteiger partial charge in [0.2, 0.25) is 0 Å². The lowest BCUT2D eigenvalue weighted by atomic mass is 10.0. The van der Waals surface area contributed by atoms with E-state index in [1.165, 1.54) is 34.0 Å². The molecule has 0 radical (unpaired) electrons. The predicted octanol–water partition coefficient (Wildman–Crippen LogP) is 7.00. The summed E-state index contributed by atoms with van der Waals surface area (Å²) in [4.78, 5) is 40.5. The second kappa shape index (κ2) is 12.2. The van der Waals surface area contributed by atoms with Gasteiger partial charge >= 0.3 is 12.3 Å². The highest BCUT2D eigenvalue weighted by Crippen LogP contribution is 2.37. The summed E-state index contributed by atoms with van der Waals surface area (Å²) in [6, 6.07) is 7.57. The average Bonchev–Trinajstić information content (AvgIpc) is 3.46. The summed E-state index contributed by atoms with van der Waals surface area (Å²) in [6.07, 6.45) is -3.76. The van der Waals surface area contributed by atoms with Gasteiger partial charge in [-0.2, -0.15) is 18.3 Å². The van der Waals surface area contributed by atoms with Crippen LogP contribution in [0.4, 0.5) is 27.2 Å². The first kappa shape index (κ1) is 30.9. The molecule has 0 N–H and O–H groups in total. The number of hydrogen-bond acceptors (Lipinski definition) is 6. The van der Waals surface area contributed by atoms with E-state index in [1.54, 1.807) is 18.2 Å². The first-order chi connectivity index (χ1) is 20.3. The minimum Gasteiger partial charge on any atom is -0.449 e. The molecule has 14 heteroatoms. The van der Waals surface area contributed by atoms with Gasteiger partial charge in [-0.1, -0.05) is 37.6 Å². The zero-order valence-electron chi connectivity index (χ0n) is 23.1. The normalized spacial score (nSPS) is 20.6. The summed E-state index contributed by atoms with van der Waals surface area (Å²) in [5.74, 6) is -0.501. The van der Waals surface area contributed by atoms with Crippen LogP contribution >= 0.6 is 23.4 Å². The Hall–Kier alpha value is -3.58. The second-order valence-corrected chi connectivity index (χ2v) is 12.2. The molecular weight excluding hydrogens is 612 g/mol. The Morgan fingerprint density at radius 1 is 1.21 bits per heavy atom. The number of piperidine rings is 1. The van der Waals surface area contributed by atoms with Crippen molar-refractivity contribution in [3.63, 3.8) is 0 Å². The van der Waals surface area contributed by atoms with E-state index in [2.05, 4.69) is 5.10 Å². The third kappa shape index (κ3) is 6.67. The number of amides is 3. The number of alkyl halides is 4. The van der Waals surface area contributed by atoms with Crippen molar-refractivity contribution in [2.45, 2.75) is 45.2 Å². The lowest BCUT2D eigenvalue weighted by Crippen LogP contribution is -2.55. The molecule has 2 unspecified atom stereocenters. The number of ether oxygens (including phenoxy) is 1. The molecule has 0 aliphatic carbocycles. The third-order valence-corrected chi connectivity index (χ3v) is 8.24. The number of carbonyl (C=O) groups excluding carboxylic acids is 3. The van der Waals surface area contributed by atoms with E-state index >= 15 is 4.39 Å². The number of halogens is 5. The van der Waals surface area contributed by atoms with E-state index in [4.69, 9.17) is 16.3 Å². The number of nitrogens with zero attached hydrogens (tertiary/aromatic N) is 4. The van der Waals surface area contributed by atoms with Gasteiger partial charge in [0, 0.05) is 17.0 Å². The maximum absolute atomic E-state index is 15.2. The van der Waals surface area contributed by atoms with Crippen molar-refractivity contribution in [2.24, 2.45) is 5.92 Å². The number of likely N-dealkylation sites (tertiary alicyclic amines) is 1. The molecule has 2 atom stereocenters. The summed E-state index contributed by atoms with van der Waals surface area (Å²) >= 11 is 6.48. The number of aromatic nitrogens is 2. The molecular formula is C29H27ClF4N4O4S. The topological polar surface area (TPSA) is 84.7 Å². The van der Waals surface area contributed by atoms with E-state index in [9.17, 15) is 27.6 Å².